The Hall–Kier alpha value is -2.95. The van der Waals surface area contributed by atoms with Gasteiger partial charge in [0.15, 0.2) is 0 Å². The lowest BCUT2D eigenvalue weighted by molar-refractivity contribution is -0.130. The number of hydrogen-bond donors (Lipinski definition) is 2. The molecule has 5 nitrogen and oxygen atoms in total. The first-order valence-corrected chi connectivity index (χ1v) is 6.52. The minimum absolute atomic E-state index is 0.00808. The van der Waals surface area contributed by atoms with Crippen molar-refractivity contribution in [3.63, 3.8) is 0 Å². The molecule has 0 heterocycles. The van der Waals surface area contributed by atoms with Gasteiger partial charge in [0.2, 0.25) is 0 Å². The molecule has 0 atom stereocenters. The Morgan fingerprint density at radius 2 is 1.82 bits per heavy atom. The maximum absolute atomic E-state index is 11.6. The SMILES string of the molecule is COc1ccc(/C(=C/c2ccccc2O)C(=O)O)c(OC)c1. The summed E-state index contributed by atoms with van der Waals surface area (Å²) >= 11 is 0. The topological polar surface area (TPSA) is 76.0 Å². The minimum Gasteiger partial charge on any atom is -0.507 e. The molecule has 114 valence electrons. The molecule has 0 spiro atoms. The van der Waals surface area contributed by atoms with E-state index >= 15 is 0 Å². The molecule has 0 aliphatic heterocycles. The predicted molar refractivity (Wildman–Crippen MR) is 83.2 cm³/mol. The van der Waals surface area contributed by atoms with E-state index in [0.717, 1.165) is 0 Å². The van der Waals surface area contributed by atoms with Crippen LogP contribution in [0.4, 0.5) is 0 Å². The van der Waals surface area contributed by atoms with Gasteiger partial charge >= 0.3 is 5.97 Å². The summed E-state index contributed by atoms with van der Waals surface area (Å²) in [6.07, 6.45) is 1.40. The summed E-state index contributed by atoms with van der Waals surface area (Å²) in [5.41, 5.74) is 0.831. The first kappa shape index (κ1) is 15.4. The number of hydrogen-bond acceptors (Lipinski definition) is 4. The normalized spacial score (nSPS) is 11.1. The molecule has 0 aromatic heterocycles. The number of rotatable bonds is 5. The molecule has 0 unspecified atom stereocenters. The van der Waals surface area contributed by atoms with E-state index in [9.17, 15) is 15.0 Å². The van der Waals surface area contributed by atoms with Crippen molar-refractivity contribution in [3.05, 3.63) is 53.6 Å². The third-order valence-electron chi connectivity index (χ3n) is 3.17. The van der Waals surface area contributed by atoms with E-state index in [1.807, 2.05) is 0 Å². The van der Waals surface area contributed by atoms with Gasteiger partial charge in [-0.3, -0.25) is 0 Å². The van der Waals surface area contributed by atoms with Gasteiger partial charge in [-0.1, -0.05) is 18.2 Å². The second kappa shape index (κ2) is 6.67. The number of methoxy groups -OCH3 is 2. The van der Waals surface area contributed by atoms with Gasteiger partial charge in [0.25, 0.3) is 0 Å². The summed E-state index contributed by atoms with van der Waals surface area (Å²) < 4.78 is 10.3. The van der Waals surface area contributed by atoms with Crippen LogP contribution in [0.2, 0.25) is 0 Å². The number of phenolic OH excluding ortho intramolecular Hbond substituents is 1. The summed E-state index contributed by atoms with van der Waals surface area (Å²) in [6.45, 7) is 0. The van der Waals surface area contributed by atoms with Crippen LogP contribution in [0.3, 0.4) is 0 Å². The summed E-state index contributed by atoms with van der Waals surface area (Å²) in [4.78, 5) is 11.6. The Labute approximate surface area is 128 Å². The van der Waals surface area contributed by atoms with E-state index < -0.39 is 5.97 Å². The Balaban J connectivity index is 2.58. The number of para-hydroxylation sites is 1. The zero-order chi connectivity index (χ0) is 16.1. The zero-order valence-electron chi connectivity index (χ0n) is 12.2. The van der Waals surface area contributed by atoms with Gasteiger partial charge < -0.3 is 19.7 Å². The van der Waals surface area contributed by atoms with Crippen LogP contribution >= 0.6 is 0 Å². The molecule has 2 aromatic rings. The molecule has 2 N–H and O–H groups in total. The molecule has 0 saturated heterocycles. The molecule has 0 fully saturated rings. The largest absolute Gasteiger partial charge is 0.507 e. The van der Waals surface area contributed by atoms with Gasteiger partial charge in [-0.05, 0) is 24.3 Å². The van der Waals surface area contributed by atoms with Crippen molar-refractivity contribution < 1.29 is 24.5 Å². The van der Waals surface area contributed by atoms with E-state index in [4.69, 9.17) is 9.47 Å². The van der Waals surface area contributed by atoms with Gasteiger partial charge in [0, 0.05) is 17.2 Å². The molecule has 0 saturated carbocycles. The molecule has 0 aliphatic carbocycles. The first-order chi connectivity index (χ1) is 10.6. The Kier molecular flexibility index (Phi) is 4.68. The molecule has 22 heavy (non-hydrogen) atoms. The third kappa shape index (κ3) is 3.20. The lowest BCUT2D eigenvalue weighted by atomic mass is 10.0. The van der Waals surface area contributed by atoms with Crippen LogP contribution in [0.5, 0.6) is 17.2 Å². The fraction of sp³-hybridized carbons (Fsp3) is 0.118. The van der Waals surface area contributed by atoms with Crippen molar-refractivity contribution in [1.82, 2.24) is 0 Å². The molecule has 0 aliphatic rings. The average Bonchev–Trinajstić information content (AvgIpc) is 2.53. The number of aliphatic carboxylic acids is 1. The van der Waals surface area contributed by atoms with Crippen LogP contribution in [-0.4, -0.2) is 30.4 Å². The van der Waals surface area contributed by atoms with Crippen LogP contribution in [0.25, 0.3) is 11.6 Å². The highest BCUT2D eigenvalue weighted by Crippen LogP contribution is 2.32. The molecular weight excluding hydrogens is 284 g/mol. The van der Waals surface area contributed by atoms with Gasteiger partial charge in [0.05, 0.1) is 19.8 Å². The molecule has 5 heteroatoms. The predicted octanol–water partition coefficient (Wildman–Crippen LogP) is 3.03. The summed E-state index contributed by atoms with van der Waals surface area (Å²) in [6, 6.07) is 11.4. The van der Waals surface area contributed by atoms with Crippen molar-refractivity contribution in [2.45, 2.75) is 0 Å². The van der Waals surface area contributed by atoms with Crippen LogP contribution < -0.4 is 9.47 Å². The number of phenols is 1. The highest BCUT2D eigenvalue weighted by atomic mass is 16.5. The highest BCUT2D eigenvalue weighted by Gasteiger charge is 2.17. The standard InChI is InChI=1S/C17H16O5/c1-21-12-7-8-13(16(10-12)22-2)14(17(19)20)9-11-5-3-4-6-15(11)18/h3-10,18H,1-2H3,(H,19,20)/b14-9-. The maximum atomic E-state index is 11.6. The summed E-state index contributed by atoms with van der Waals surface area (Å²) in [5, 5.41) is 19.3. The van der Waals surface area contributed by atoms with E-state index in [2.05, 4.69) is 0 Å². The second-order valence-electron chi connectivity index (χ2n) is 4.49. The number of carbonyl (C=O) groups is 1. The van der Waals surface area contributed by atoms with Crippen LogP contribution in [-0.2, 0) is 4.79 Å². The second-order valence-corrected chi connectivity index (χ2v) is 4.49. The number of benzene rings is 2. The van der Waals surface area contributed by atoms with Gasteiger partial charge in [0.1, 0.15) is 17.2 Å². The fourth-order valence-electron chi connectivity index (χ4n) is 2.04. The van der Waals surface area contributed by atoms with Gasteiger partial charge in [-0.25, -0.2) is 4.79 Å². The van der Waals surface area contributed by atoms with E-state index in [1.165, 1.54) is 26.4 Å². The van der Waals surface area contributed by atoms with E-state index in [1.54, 1.807) is 36.4 Å². The quantitative estimate of drug-likeness (QED) is 0.655. The molecule has 0 amide bonds. The number of carboxylic acid groups (broad SMARTS) is 1. The monoisotopic (exact) mass is 300 g/mol. The molecule has 2 aromatic carbocycles. The van der Waals surface area contributed by atoms with E-state index in [0.29, 0.717) is 22.6 Å². The number of aromatic hydroxyl groups is 1. The number of ether oxygens (including phenoxy) is 2. The molecule has 2 rings (SSSR count). The zero-order valence-corrected chi connectivity index (χ0v) is 12.2. The van der Waals surface area contributed by atoms with E-state index in [-0.39, 0.29) is 11.3 Å². The van der Waals surface area contributed by atoms with Crippen molar-refractivity contribution in [2.75, 3.05) is 14.2 Å². The summed E-state index contributed by atoms with van der Waals surface area (Å²) in [7, 11) is 2.97. The third-order valence-corrected chi connectivity index (χ3v) is 3.17. The summed E-state index contributed by atoms with van der Waals surface area (Å²) in [5.74, 6) is -0.170. The average molecular weight is 300 g/mol. The van der Waals surface area contributed by atoms with Gasteiger partial charge in [-0.15, -0.1) is 0 Å². The lowest BCUT2D eigenvalue weighted by Gasteiger charge is -2.11. The molecule has 0 radical (unpaired) electrons. The minimum atomic E-state index is -1.12. The lowest BCUT2D eigenvalue weighted by Crippen LogP contribution is -2.02. The van der Waals surface area contributed by atoms with Crippen molar-refractivity contribution in [3.8, 4) is 17.2 Å². The molecule has 0 bridgehead atoms. The van der Waals surface area contributed by atoms with Crippen molar-refractivity contribution >= 4 is 17.6 Å². The van der Waals surface area contributed by atoms with Crippen LogP contribution in [0.15, 0.2) is 42.5 Å². The Morgan fingerprint density at radius 3 is 2.41 bits per heavy atom. The molecular formula is C17H16O5. The van der Waals surface area contributed by atoms with Gasteiger partial charge in [-0.2, -0.15) is 0 Å². The number of carboxylic acids is 1. The van der Waals surface area contributed by atoms with Crippen molar-refractivity contribution in [2.24, 2.45) is 0 Å². The Morgan fingerprint density at radius 1 is 1.09 bits per heavy atom. The first-order valence-electron chi connectivity index (χ1n) is 6.52. The van der Waals surface area contributed by atoms with Crippen LogP contribution in [0.1, 0.15) is 11.1 Å². The Bertz CT molecular complexity index is 719. The van der Waals surface area contributed by atoms with Crippen LogP contribution in [0, 0.1) is 0 Å². The fourth-order valence-corrected chi connectivity index (χ4v) is 2.04. The highest BCUT2D eigenvalue weighted by molar-refractivity contribution is 6.21. The van der Waals surface area contributed by atoms with Crippen molar-refractivity contribution in [1.29, 1.82) is 0 Å². The smallest absolute Gasteiger partial charge is 0.336 e. The maximum Gasteiger partial charge on any atom is 0.336 e.